The number of amides is 1. The number of carbonyl (C=O) groups is 1. The lowest BCUT2D eigenvalue weighted by atomic mass is 9.88. The van der Waals surface area contributed by atoms with Gasteiger partial charge in [0, 0.05) is 3.57 Å². The maximum absolute atomic E-state index is 12.9. The van der Waals surface area contributed by atoms with E-state index in [9.17, 15) is 9.18 Å². The third-order valence-corrected chi connectivity index (χ3v) is 3.53. The Kier molecular flexibility index (Phi) is 4.46. The zero-order valence-corrected chi connectivity index (χ0v) is 11.7. The SMILES string of the molecule is CCC(C)(C#N)C(=O)Nc1ccc(F)cc1I. The van der Waals surface area contributed by atoms with E-state index in [1.54, 1.807) is 13.8 Å². The number of nitrogens with zero attached hydrogens (tertiary/aromatic N) is 1. The molecule has 1 unspecified atom stereocenters. The molecule has 0 saturated heterocycles. The lowest BCUT2D eigenvalue weighted by Gasteiger charge is -2.19. The van der Waals surface area contributed by atoms with Gasteiger partial charge >= 0.3 is 0 Å². The third kappa shape index (κ3) is 3.16. The molecule has 0 bridgehead atoms. The van der Waals surface area contributed by atoms with Crippen molar-refractivity contribution in [2.45, 2.75) is 20.3 Å². The molecule has 5 heteroatoms. The minimum atomic E-state index is -1.06. The van der Waals surface area contributed by atoms with Crippen molar-refractivity contribution < 1.29 is 9.18 Å². The molecule has 0 aliphatic rings. The van der Waals surface area contributed by atoms with E-state index in [1.807, 2.05) is 28.7 Å². The summed E-state index contributed by atoms with van der Waals surface area (Å²) in [7, 11) is 0. The van der Waals surface area contributed by atoms with Gasteiger partial charge in [-0.15, -0.1) is 0 Å². The molecule has 90 valence electrons. The predicted molar refractivity (Wildman–Crippen MR) is 71.8 cm³/mol. The van der Waals surface area contributed by atoms with Crippen LogP contribution in [-0.2, 0) is 4.79 Å². The second-order valence-electron chi connectivity index (χ2n) is 3.88. The number of nitriles is 1. The van der Waals surface area contributed by atoms with Gasteiger partial charge in [0.25, 0.3) is 0 Å². The Morgan fingerprint density at radius 1 is 1.65 bits per heavy atom. The van der Waals surface area contributed by atoms with Crippen LogP contribution in [0.15, 0.2) is 18.2 Å². The number of carbonyl (C=O) groups excluding carboxylic acids is 1. The Hall–Kier alpha value is -1.16. The number of anilines is 1. The summed E-state index contributed by atoms with van der Waals surface area (Å²) in [6, 6.07) is 6.08. The van der Waals surface area contributed by atoms with E-state index in [2.05, 4.69) is 5.32 Å². The van der Waals surface area contributed by atoms with Crippen LogP contribution in [0.5, 0.6) is 0 Å². The first kappa shape index (κ1) is 13.9. The summed E-state index contributed by atoms with van der Waals surface area (Å²) in [6.07, 6.45) is 0.424. The first-order chi connectivity index (χ1) is 7.92. The number of hydrogen-bond acceptors (Lipinski definition) is 2. The Bertz CT molecular complexity index is 484. The summed E-state index contributed by atoms with van der Waals surface area (Å²) < 4.78 is 13.5. The summed E-state index contributed by atoms with van der Waals surface area (Å²) in [5.74, 6) is -0.724. The van der Waals surface area contributed by atoms with Crippen LogP contribution in [0.2, 0.25) is 0 Å². The molecule has 1 atom stereocenters. The van der Waals surface area contributed by atoms with Gasteiger partial charge in [-0.05, 0) is 54.1 Å². The Morgan fingerprint density at radius 3 is 2.76 bits per heavy atom. The van der Waals surface area contributed by atoms with E-state index < -0.39 is 5.41 Å². The van der Waals surface area contributed by atoms with Crippen molar-refractivity contribution in [1.82, 2.24) is 0 Å². The summed E-state index contributed by atoms with van der Waals surface area (Å²) in [6.45, 7) is 3.36. The molecule has 3 nitrogen and oxygen atoms in total. The number of halogens is 2. The molecule has 1 aromatic rings. The van der Waals surface area contributed by atoms with E-state index in [1.165, 1.54) is 18.2 Å². The van der Waals surface area contributed by atoms with Crippen LogP contribution in [-0.4, -0.2) is 5.91 Å². The Morgan fingerprint density at radius 2 is 2.29 bits per heavy atom. The van der Waals surface area contributed by atoms with Crippen molar-refractivity contribution in [1.29, 1.82) is 5.26 Å². The maximum Gasteiger partial charge on any atom is 0.244 e. The lowest BCUT2D eigenvalue weighted by Crippen LogP contribution is -2.31. The number of rotatable bonds is 3. The van der Waals surface area contributed by atoms with Gasteiger partial charge in [-0.25, -0.2) is 4.39 Å². The predicted octanol–water partition coefficient (Wildman–Crippen LogP) is 3.31. The quantitative estimate of drug-likeness (QED) is 0.854. The molecular formula is C12H12FIN2O. The first-order valence-corrected chi connectivity index (χ1v) is 6.18. The molecule has 17 heavy (non-hydrogen) atoms. The van der Waals surface area contributed by atoms with E-state index in [0.717, 1.165) is 0 Å². The van der Waals surface area contributed by atoms with Crippen LogP contribution in [0.3, 0.4) is 0 Å². The molecule has 0 aliphatic heterocycles. The van der Waals surface area contributed by atoms with Gasteiger partial charge in [0.1, 0.15) is 11.2 Å². The van der Waals surface area contributed by atoms with Crippen LogP contribution >= 0.6 is 22.6 Å². The highest BCUT2D eigenvalue weighted by Crippen LogP contribution is 2.25. The van der Waals surface area contributed by atoms with Crippen molar-refractivity contribution in [3.8, 4) is 6.07 Å². The van der Waals surface area contributed by atoms with Crippen molar-refractivity contribution in [2.75, 3.05) is 5.32 Å². The molecule has 0 heterocycles. The average Bonchev–Trinajstić information content (AvgIpc) is 2.31. The molecule has 0 radical (unpaired) electrons. The second-order valence-corrected chi connectivity index (χ2v) is 5.04. The lowest BCUT2D eigenvalue weighted by molar-refractivity contribution is -0.122. The van der Waals surface area contributed by atoms with Crippen LogP contribution in [0, 0.1) is 26.1 Å². The molecule has 0 saturated carbocycles. The van der Waals surface area contributed by atoms with Gasteiger partial charge in [-0.2, -0.15) is 5.26 Å². The van der Waals surface area contributed by atoms with Crippen molar-refractivity contribution in [3.05, 3.63) is 27.6 Å². The fourth-order valence-corrected chi connectivity index (χ4v) is 1.75. The van der Waals surface area contributed by atoms with Crippen LogP contribution < -0.4 is 5.32 Å². The van der Waals surface area contributed by atoms with Crippen LogP contribution in [0.25, 0.3) is 0 Å². The number of hydrogen-bond donors (Lipinski definition) is 1. The number of benzene rings is 1. The standard InChI is InChI=1S/C12H12FIN2O/c1-3-12(2,7-15)11(17)16-10-5-4-8(13)6-9(10)14/h4-6H,3H2,1-2H3,(H,16,17). The Balaban J connectivity index is 2.93. The maximum atomic E-state index is 12.9. The highest BCUT2D eigenvalue weighted by atomic mass is 127. The zero-order chi connectivity index (χ0) is 13.1. The minimum absolute atomic E-state index is 0.356. The second kappa shape index (κ2) is 5.45. The first-order valence-electron chi connectivity index (χ1n) is 5.10. The summed E-state index contributed by atoms with van der Waals surface area (Å²) in [5, 5.41) is 11.6. The highest BCUT2D eigenvalue weighted by molar-refractivity contribution is 14.1. The molecule has 0 aromatic heterocycles. The monoisotopic (exact) mass is 346 g/mol. The van der Waals surface area contributed by atoms with Crippen molar-refractivity contribution in [3.63, 3.8) is 0 Å². The normalized spacial score (nSPS) is 13.6. The van der Waals surface area contributed by atoms with Gasteiger partial charge in [-0.1, -0.05) is 6.92 Å². The number of nitrogens with one attached hydrogen (secondary N) is 1. The summed E-state index contributed by atoms with van der Waals surface area (Å²) in [5.41, 5.74) is -0.538. The van der Waals surface area contributed by atoms with Gasteiger partial charge in [0.15, 0.2) is 0 Å². The fourth-order valence-electron chi connectivity index (χ4n) is 1.14. The topological polar surface area (TPSA) is 52.9 Å². The molecule has 1 amide bonds. The molecule has 1 N–H and O–H groups in total. The smallest absolute Gasteiger partial charge is 0.244 e. The van der Waals surface area contributed by atoms with E-state index in [0.29, 0.717) is 15.7 Å². The van der Waals surface area contributed by atoms with Gasteiger partial charge in [-0.3, -0.25) is 4.79 Å². The third-order valence-electron chi connectivity index (χ3n) is 2.63. The average molecular weight is 346 g/mol. The fraction of sp³-hybridized carbons (Fsp3) is 0.333. The molecule has 0 spiro atoms. The van der Waals surface area contributed by atoms with Crippen molar-refractivity contribution >= 4 is 34.2 Å². The van der Waals surface area contributed by atoms with Gasteiger partial charge in [0.05, 0.1) is 11.8 Å². The Labute approximate surface area is 113 Å². The van der Waals surface area contributed by atoms with Crippen LogP contribution in [0.4, 0.5) is 10.1 Å². The van der Waals surface area contributed by atoms with E-state index in [-0.39, 0.29) is 11.7 Å². The molecule has 1 rings (SSSR count). The molecule has 0 aliphatic carbocycles. The molecule has 0 fully saturated rings. The summed E-state index contributed by atoms with van der Waals surface area (Å²) in [4.78, 5) is 11.9. The summed E-state index contributed by atoms with van der Waals surface area (Å²) >= 11 is 1.93. The largest absolute Gasteiger partial charge is 0.324 e. The van der Waals surface area contributed by atoms with Gasteiger partial charge < -0.3 is 5.32 Å². The van der Waals surface area contributed by atoms with E-state index >= 15 is 0 Å². The minimum Gasteiger partial charge on any atom is -0.324 e. The zero-order valence-electron chi connectivity index (χ0n) is 9.55. The van der Waals surface area contributed by atoms with Gasteiger partial charge in [0.2, 0.25) is 5.91 Å². The highest BCUT2D eigenvalue weighted by Gasteiger charge is 2.31. The van der Waals surface area contributed by atoms with Crippen LogP contribution in [0.1, 0.15) is 20.3 Å². The molecule has 1 aromatic carbocycles. The molecular weight excluding hydrogens is 334 g/mol. The van der Waals surface area contributed by atoms with E-state index in [4.69, 9.17) is 5.26 Å². The van der Waals surface area contributed by atoms with Crippen molar-refractivity contribution in [2.24, 2.45) is 5.41 Å².